The van der Waals surface area contributed by atoms with Crippen LogP contribution in [-0.2, 0) is 1010 Å². The van der Waals surface area contributed by atoms with Crippen LogP contribution in [0.2, 0.25) is 0 Å². The van der Waals surface area contributed by atoms with E-state index in [0.29, 0.717) is 0 Å². The van der Waals surface area contributed by atoms with Gasteiger partial charge >= 0.3 is 0 Å². The number of pyridine rings is 1. The summed E-state index contributed by atoms with van der Waals surface area (Å²) in [5.74, 6) is 0. The van der Waals surface area contributed by atoms with Crippen LogP contribution in [0.1, 0.15) is 5.56 Å². The summed E-state index contributed by atoms with van der Waals surface area (Å²) in [5, 5.41) is 0. The van der Waals surface area contributed by atoms with E-state index in [1.54, 1.807) is 6.20 Å². The Bertz CT molecular complexity index is 431. The molecule has 1 nitrogen and oxygen atoms in total. The maximum absolute atomic E-state index is 3.95. The number of hydrogen-bond acceptors (Lipinski definition) is 1. The Morgan fingerprint density at radius 1 is 0.341 bits per heavy atom. The molecule has 0 saturated carbocycles. The van der Waals surface area contributed by atoms with Crippen molar-refractivity contribution in [2.75, 3.05) is 0 Å². The van der Waals surface area contributed by atoms with Crippen LogP contribution in [0.5, 0.6) is 0 Å². The summed E-state index contributed by atoms with van der Waals surface area (Å²) in [5.41, 5.74) is 3.18. The molecule has 0 bridgehead atoms. The molecular weight excluding hydrogens is 2910 g/mol. The zero-order valence-electron chi connectivity index (χ0n) is 25.3. The minimum absolute atomic E-state index is 0. The summed E-state index contributed by atoms with van der Waals surface area (Å²) >= 11 is 0. The second-order valence-corrected chi connectivity index (χ2v) is 2.91. The predicted octanol–water partition coefficient (Wildman–Crippen LogP) is 2.58. The van der Waals surface area contributed by atoms with Gasteiger partial charge in [-0.3, -0.25) is 0 Å². The first-order valence-electron chi connectivity index (χ1n) is 4.18. The molecule has 31 radical (unpaired) electrons. The van der Waals surface area contributed by atoms with Crippen LogP contribution in [0.15, 0.2) is 36.5 Å². The van der Waals surface area contributed by atoms with Crippen LogP contribution in [0.4, 0.5) is 0 Å². The molecule has 2 rings (SSSR count). The number of nitrogens with zero attached hydrogens (tertiary/aromatic N) is 1. The van der Waals surface area contributed by atoms with E-state index in [0.717, 1.165) is 16.7 Å². The summed E-state index contributed by atoms with van der Waals surface area (Å²) in [6.45, 7) is 2.03. The van der Waals surface area contributed by atoms with Gasteiger partial charge in [-0.1, -0.05) is 19.3 Å². The fourth-order valence-corrected chi connectivity index (χ4v) is 1.22. The minimum atomic E-state index is 0. The summed E-state index contributed by atoms with van der Waals surface area (Å²) in [6.07, 6.45) is 4.65. The third-order valence-corrected chi connectivity index (χ3v) is 1.84. The van der Waals surface area contributed by atoms with Gasteiger partial charge < -0.3 is 4.98 Å². The average Bonchev–Trinajstić information content (AvgIpc) is 2.19. The molecule has 0 saturated heterocycles. The topological polar surface area (TPSA) is 12.9 Å². The van der Waals surface area contributed by atoms with Crippen molar-refractivity contribution in [1.29, 1.82) is 0 Å². The summed E-state index contributed by atoms with van der Waals surface area (Å²) < 4.78 is 0. The largest absolute Gasteiger partial charge is 0.371 e. The molecule has 2 aromatic rings. The van der Waals surface area contributed by atoms with Gasteiger partial charge in [0.25, 0.3) is 0 Å². The molecule has 0 amide bonds. The van der Waals surface area contributed by atoms with E-state index in [9.17, 15) is 0 Å². The Morgan fingerprint density at radius 2 is 0.591 bits per heavy atom. The fraction of sp³-hybridized carbons (Fsp3) is 0.0833. The van der Waals surface area contributed by atoms with E-state index < -0.39 is 0 Å². The van der Waals surface area contributed by atoms with Crippen LogP contribution in [0.3, 0.4) is 0 Å². The maximum atomic E-state index is 3.95. The molecule has 1 heterocycles. The quantitative estimate of drug-likeness (QED) is 0.401. The van der Waals surface area contributed by atoms with Gasteiger partial charge in [0, 0.05) is 1010 Å². The van der Waals surface area contributed by atoms with E-state index in [-0.39, 0.29) is 1010 Å². The number of benzene rings is 1. The smallest absolute Gasteiger partial charge is 0 e. The first-order valence-corrected chi connectivity index (χ1v) is 4.18. The van der Waals surface area contributed by atoms with E-state index in [2.05, 4.69) is 17.2 Å². The van der Waals surface area contributed by atoms with Crippen LogP contribution in [-0.4, -0.2) is 4.98 Å². The third kappa shape index (κ3) is 136. The standard InChI is InChI=1S/C12H9N.31Y/c1-10-4-2-5-11(8-10)12-6-3-7-13-9-12;;;;;;;;;;;;;;;;;;;;;;;;;;;;;;;/h2-7H,1H3;;;;;;;;;;;;;;;;;;;;;;;;;;;;;;;/q-2;;;;;;;;;;;;;;;;;;;;;;;;;;;;;;;. The first-order chi connectivity index (χ1) is 6.36. The van der Waals surface area contributed by atoms with E-state index in [1.165, 1.54) is 0 Å². The Balaban J connectivity index is -0.00000000226. The zero-order chi connectivity index (χ0) is 9.10. The molecule has 0 aliphatic rings. The monoisotopic (exact) mass is 2920 g/mol. The van der Waals surface area contributed by atoms with E-state index >= 15 is 0 Å². The second kappa shape index (κ2) is 164. The van der Waals surface area contributed by atoms with Crippen molar-refractivity contribution in [3.05, 3.63) is 54.4 Å². The molecule has 0 fully saturated rings. The summed E-state index contributed by atoms with van der Waals surface area (Å²) in [4.78, 5) is 3.95. The Kier molecular flexibility index (Phi) is 753. The van der Waals surface area contributed by atoms with Gasteiger partial charge in [0.2, 0.25) is 0 Å². The molecule has 157 valence electrons. The third-order valence-electron chi connectivity index (χ3n) is 1.84. The number of aryl methyl sites for hydroxylation is 1. The first kappa shape index (κ1) is 202. The fourth-order valence-electron chi connectivity index (χ4n) is 1.22. The van der Waals surface area contributed by atoms with Gasteiger partial charge in [0.1, 0.15) is 0 Å². The maximum Gasteiger partial charge on any atom is 0 e. The van der Waals surface area contributed by atoms with E-state index in [4.69, 9.17) is 0 Å². The van der Waals surface area contributed by atoms with Crippen molar-refractivity contribution in [3.63, 3.8) is 0 Å². The van der Waals surface area contributed by atoms with Crippen molar-refractivity contribution < 1.29 is 1010 Å². The van der Waals surface area contributed by atoms with Crippen LogP contribution < -0.4 is 0 Å². The van der Waals surface area contributed by atoms with Crippen molar-refractivity contribution in [3.8, 4) is 11.1 Å². The van der Waals surface area contributed by atoms with Gasteiger partial charge in [-0.2, -0.15) is 24.3 Å². The molecule has 0 aliphatic heterocycles. The van der Waals surface area contributed by atoms with Crippen LogP contribution in [0.25, 0.3) is 11.1 Å². The molecule has 32 heteroatoms. The number of aromatic nitrogens is 1. The summed E-state index contributed by atoms with van der Waals surface area (Å²) in [7, 11) is 0. The van der Waals surface area contributed by atoms with Gasteiger partial charge in [-0.15, -0.1) is 17.7 Å². The molecule has 1 aromatic carbocycles. The molecular formula is C12H9NY31-2. The minimum Gasteiger partial charge on any atom is -0.371 e. The molecule has 0 spiro atoms. The SMILES string of the molecule is Cc1[c-]c(-c2[c-]nccc2)ccc1.[Y].[Y].[Y].[Y].[Y].[Y].[Y].[Y].[Y].[Y].[Y].[Y].[Y].[Y].[Y].[Y].[Y].[Y].[Y].[Y].[Y].[Y].[Y].[Y].[Y].[Y].[Y].[Y].[Y].[Y].[Y]. The van der Waals surface area contributed by atoms with Crippen molar-refractivity contribution in [2.24, 2.45) is 0 Å². The molecule has 1 aromatic heterocycles. The van der Waals surface area contributed by atoms with Crippen LogP contribution >= 0.6 is 0 Å². The van der Waals surface area contributed by atoms with Crippen molar-refractivity contribution >= 4 is 0 Å². The Morgan fingerprint density at radius 3 is 0.795 bits per heavy atom. The van der Waals surface area contributed by atoms with Crippen molar-refractivity contribution in [2.45, 2.75) is 6.92 Å². The van der Waals surface area contributed by atoms with Crippen LogP contribution in [0, 0.1) is 19.2 Å². The summed E-state index contributed by atoms with van der Waals surface area (Å²) in [6, 6.07) is 13.2. The normalized spacial score (nSPS) is 2.93. The van der Waals surface area contributed by atoms with Gasteiger partial charge in [-0.05, 0) is 0 Å². The van der Waals surface area contributed by atoms with E-state index in [1.807, 2.05) is 37.3 Å². The second-order valence-electron chi connectivity index (χ2n) is 2.91. The van der Waals surface area contributed by atoms with Crippen molar-refractivity contribution in [1.82, 2.24) is 4.98 Å². The average molecular weight is 2920 g/mol. The Labute approximate surface area is 1050 Å². The molecule has 0 aliphatic carbocycles. The predicted molar refractivity (Wildman–Crippen MR) is 52.1 cm³/mol. The molecule has 0 atom stereocenters. The van der Waals surface area contributed by atoms with Gasteiger partial charge in [0.05, 0.1) is 0 Å². The molecule has 0 unspecified atom stereocenters. The number of rotatable bonds is 1. The van der Waals surface area contributed by atoms with Gasteiger partial charge in [-0.25, -0.2) is 11.1 Å². The molecule has 0 N–H and O–H groups in total. The molecule has 44 heavy (non-hydrogen) atoms. The van der Waals surface area contributed by atoms with Gasteiger partial charge in [0.15, 0.2) is 0 Å². The number of hydrogen-bond donors (Lipinski definition) is 0. The Hall–Kier alpha value is 32.6. The zero-order valence-corrected chi connectivity index (χ0v) is 113.